The van der Waals surface area contributed by atoms with Crippen LogP contribution < -0.4 is 15.0 Å². The van der Waals surface area contributed by atoms with Gasteiger partial charge in [-0.25, -0.2) is 0 Å². The normalized spacial score (nSPS) is 10.5. The molecule has 0 spiro atoms. The molecule has 21 heavy (non-hydrogen) atoms. The molecule has 0 saturated heterocycles. The number of nitrogens with zero attached hydrogens (tertiary/aromatic N) is 1. The van der Waals surface area contributed by atoms with Gasteiger partial charge in [-0.2, -0.15) is 8.78 Å². The van der Waals surface area contributed by atoms with Gasteiger partial charge < -0.3 is 15.0 Å². The van der Waals surface area contributed by atoms with E-state index in [1.54, 1.807) is 18.2 Å². The molecule has 0 bridgehead atoms. The molecule has 0 aliphatic rings. The second-order valence-electron chi connectivity index (χ2n) is 4.78. The summed E-state index contributed by atoms with van der Waals surface area (Å²) < 4.78 is 29.2. The third kappa shape index (κ3) is 4.34. The largest absolute Gasteiger partial charge is 0.434 e. The smallest absolute Gasteiger partial charge is 0.387 e. The van der Waals surface area contributed by atoms with Crippen LogP contribution in [0.3, 0.4) is 0 Å². The Morgan fingerprint density at radius 3 is 2.33 bits per heavy atom. The maximum Gasteiger partial charge on any atom is 0.387 e. The average molecular weight is 292 g/mol. The first-order valence-electron chi connectivity index (χ1n) is 6.60. The highest BCUT2D eigenvalue weighted by atomic mass is 19.3. The van der Waals surface area contributed by atoms with Gasteiger partial charge in [0.2, 0.25) is 0 Å². The van der Waals surface area contributed by atoms with E-state index in [-0.39, 0.29) is 5.75 Å². The Morgan fingerprint density at radius 2 is 1.71 bits per heavy atom. The van der Waals surface area contributed by atoms with Crippen LogP contribution in [0.4, 0.5) is 20.2 Å². The molecule has 2 rings (SSSR count). The van der Waals surface area contributed by atoms with Crippen LogP contribution in [0.5, 0.6) is 5.75 Å². The van der Waals surface area contributed by atoms with Crippen molar-refractivity contribution in [1.29, 1.82) is 0 Å². The van der Waals surface area contributed by atoms with Crippen LogP contribution in [0.15, 0.2) is 48.5 Å². The fourth-order valence-corrected chi connectivity index (χ4v) is 1.94. The van der Waals surface area contributed by atoms with E-state index in [2.05, 4.69) is 10.1 Å². The topological polar surface area (TPSA) is 24.5 Å². The lowest BCUT2D eigenvalue weighted by Gasteiger charge is -2.14. The van der Waals surface area contributed by atoms with Crippen LogP contribution in [0.25, 0.3) is 0 Å². The molecule has 1 N–H and O–H groups in total. The molecule has 0 amide bonds. The summed E-state index contributed by atoms with van der Waals surface area (Å²) in [4.78, 5) is 2.01. The zero-order valence-electron chi connectivity index (χ0n) is 12.0. The van der Waals surface area contributed by atoms with E-state index < -0.39 is 6.61 Å². The number of rotatable bonds is 6. The summed E-state index contributed by atoms with van der Waals surface area (Å²) >= 11 is 0. The maximum atomic E-state index is 12.3. The monoisotopic (exact) mass is 292 g/mol. The number of anilines is 2. The van der Waals surface area contributed by atoms with E-state index in [4.69, 9.17) is 0 Å². The summed E-state index contributed by atoms with van der Waals surface area (Å²) in [5.74, 6) is 0.199. The highest BCUT2D eigenvalue weighted by molar-refractivity contribution is 5.54. The minimum atomic E-state index is -2.81. The molecular weight excluding hydrogens is 274 g/mol. The van der Waals surface area contributed by atoms with E-state index in [0.29, 0.717) is 12.1 Å². The maximum absolute atomic E-state index is 12.3. The highest BCUT2D eigenvalue weighted by Gasteiger charge is 2.08. The predicted molar refractivity (Wildman–Crippen MR) is 81.2 cm³/mol. The zero-order chi connectivity index (χ0) is 15.2. The van der Waals surface area contributed by atoms with Crippen LogP contribution in [0.2, 0.25) is 0 Å². The van der Waals surface area contributed by atoms with Crippen molar-refractivity contribution < 1.29 is 13.5 Å². The molecule has 0 aromatic heterocycles. The third-order valence-electron chi connectivity index (χ3n) is 3.06. The Bertz CT molecular complexity index is 571. The molecule has 5 heteroatoms. The minimum Gasteiger partial charge on any atom is -0.434 e. The Morgan fingerprint density at radius 1 is 1.05 bits per heavy atom. The van der Waals surface area contributed by atoms with Crippen LogP contribution >= 0.6 is 0 Å². The molecule has 0 saturated carbocycles. The summed E-state index contributed by atoms with van der Waals surface area (Å²) in [6, 6.07) is 14.7. The van der Waals surface area contributed by atoms with Gasteiger partial charge in [0.1, 0.15) is 5.75 Å². The standard InChI is InChI=1S/C16H18F2N2O/c1-20(2)14-9-7-13(8-10-14)19-11-12-5-3-4-6-15(12)21-16(17)18/h3-10,16,19H,11H2,1-2H3. The molecular formula is C16H18F2N2O. The zero-order valence-corrected chi connectivity index (χ0v) is 12.0. The van der Waals surface area contributed by atoms with E-state index >= 15 is 0 Å². The van der Waals surface area contributed by atoms with Crippen LogP contribution in [-0.4, -0.2) is 20.7 Å². The Labute approximate surface area is 123 Å². The first-order chi connectivity index (χ1) is 10.1. The summed E-state index contributed by atoms with van der Waals surface area (Å²) in [6.45, 7) is -2.39. The van der Waals surface area contributed by atoms with Gasteiger partial charge in [0, 0.05) is 37.6 Å². The van der Waals surface area contributed by atoms with Crippen molar-refractivity contribution in [1.82, 2.24) is 0 Å². The van der Waals surface area contributed by atoms with Gasteiger partial charge in [-0.3, -0.25) is 0 Å². The number of nitrogens with one attached hydrogen (secondary N) is 1. The lowest BCUT2D eigenvalue weighted by Crippen LogP contribution is -2.09. The van der Waals surface area contributed by atoms with Crippen molar-refractivity contribution in [3.05, 3.63) is 54.1 Å². The van der Waals surface area contributed by atoms with Crippen molar-refractivity contribution in [2.24, 2.45) is 0 Å². The van der Waals surface area contributed by atoms with Gasteiger partial charge in [0.05, 0.1) is 0 Å². The van der Waals surface area contributed by atoms with Crippen LogP contribution in [0, 0.1) is 0 Å². The minimum absolute atomic E-state index is 0.199. The molecule has 2 aromatic rings. The number of ether oxygens (including phenoxy) is 1. The van der Waals surface area contributed by atoms with Crippen LogP contribution in [-0.2, 0) is 6.54 Å². The molecule has 0 heterocycles. The van der Waals surface area contributed by atoms with E-state index in [0.717, 1.165) is 11.4 Å². The van der Waals surface area contributed by atoms with Gasteiger partial charge in [-0.05, 0) is 30.3 Å². The fourth-order valence-electron chi connectivity index (χ4n) is 1.94. The number of hydrogen-bond acceptors (Lipinski definition) is 3. The van der Waals surface area contributed by atoms with E-state index in [1.165, 1.54) is 6.07 Å². The predicted octanol–water partition coefficient (Wildman–Crippen LogP) is 3.97. The summed E-state index contributed by atoms with van der Waals surface area (Å²) in [5.41, 5.74) is 2.71. The molecule has 0 unspecified atom stereocenters. The molecule has 0 aliphatic heterocycles. The number of para-hydroxylation sites is 1. The summed E-state index contributed by atoms with van der Waals surface area (Å²) in [6.07, 6.45) is 0. The Kier molecular flexibility index (Phi) is 4.98. The van der Waals surface area contributed by atoms with Crippen molar-refractivity contribution >= 4 is 11.4 Å². The van der Waals surface area contributed by atoms with Gasteiger partial charge >= 0.3 is 6.61 Å². The van der Waals surface area contributed by atoms with Gasteiger partial charge in [0.25, 0.3) is 0 Å². The second-order valence-corrected chi connectivity index (χ2v) is 4.78. The highest BCUT2D eigenvalue weighted by Crippen LogP contribution is 2.22. The van der Waals surface area contributed by atoms with Gasteiger partial charge in [-0.15, -0.1) is 0 Å². The molecule has 0 aliphatic carbocycles. The SMILES string of the molecule is CN(C)c1ccc(NCc2ccccc2OC(F)F)cc1. The lowest BCUT2D eigenvalue weighted by atomic mass is 10.2. The summed E-state index contributed by atoms with van der Waals surface area (Å²) in [7, 11) is 3.95. The Balaban J connectivity index is 2.02. The number of benzene rings is 2. The lowest BCUT2D eigenvalue weighted by molar-refractivity contribution is -0.0504. The van der Waals surface area contributed by atoms with Crippen molar-refractivity contribution in [3.63, 3.8) is 0 Å². The molecule has 0 radical (unpaired) electrons. The second kappa shape index (κ2) is 6.92. The summed E-state index contributed by atoms with van der Waals surface area (Å²) in [5, 5.41) is 3.20. The first-order valence-corrected chi connectivity index (χ1v) is 6.60. The first kappa shape index (κ1) is 15.1. The number of halogens is 2. The molecule has 3 nitrogen and oxygen atoms in total. The third-order valence-corrected chi connectivity index (χ3v) is 3.06. The van der Waals surface area contributed by atoms with E-state index in [9.17, 15) is 8.78 Å². The van der Waals surface area contributed by atoms with Gasteiger partial charge in [-0.1, -0.05) is 18.2 Å². The number of alkyl halides is 2. The van der Waals surface area contributed by atoms with Crippen molar-refractivity contribution in [2.45, 2.75) is 13.2 Å². The molecule has 0 atom stereocenters. The van der Waals surface area contributed by atoms with Crippen LogP contribution in [0.1, 0.15) is 5.56 Å². The number of hydrogen-bond donors (Lipinski definition) is 1. The molecule has 0 fully saturated rings. The molecule has 2 aromatic carbocycles. The quantitative estimate of drug-likeness (QED) is 0.872. The Hall–Kier alpha value is -2.30. The van der Waals surface area contributed by atoms with Crippen molar-refractivity contribution in [2.75, 3.05) is 24.3 Å². The fraction of sp³-hybridized carbons (Fsp3) is 0.250. The average Bonchev–Trinajstić information content (AvgIpc) is 2.46. The van der Waals surface area contributed by atoms with Crippen molar-refractivity contribution in [3.8, 4) is 5.75 Å². The van der Waals surface area contributed by atoms with Gasteiger partial charge in [0.15, 0.2) is 0 Å². The van der Waals surface area contributed by atoms with E-state index in [1.807, 2.05) is 43.3 Å². The molecule has 112 valence electrons.